The lowest BCUT2D eigenvalue weighted by atomic mass is 10.2. The molecule has 0 saturated heterocycles. The average Bonchev–Trinajstić information content (AvgIpc) is 2.77. The van der Waals surface area contributed by atoms with Crippen molar-refractivity contribution < 1.29 is 0 Å². The van der Waals surface area contributed by atoms with Crippen molar-refractivity contribution in [3.8, 4) is 0 Å². The van der Waals surface area contributed by atoms with Crippen LogP contribution in [0.1, 0.15) is 152 Å². The first-order valence-electron chi connectivity index (χ1n) is 14.4. The van der Waals surface area contributed by atoms with Gasteiger partial charge in [-0.1, -0.05) is 120 Å². The van der Waals surface area contributed by atoms with Crippen molar-refractivity contribution in [1.29, 1.82) is 0 Å². The molecule has 0 aliphatic heterocycles. The van der Waals surface area contributed by atoms with Gasteiger partial charge in [0.25, 0.3) is 0 Å². The Morgan fingerprint density at radius 1 is 0.355 bits per heavy atom. The molecule has 0 N–H and O–H groups in total. The van der Waals surface area contributed by atoms with Crippen molar-refractivity contribution in [2.24, 2.45) is 0 Å². The third-order valence-corrected chi connectivity index (χ3v) is 4.98. The van der Waals surface area contributed by atoms with E-state index in [1.807, 2.05) is 0 Å². The van der Waals surface area contributed by atoms with Crippen LogP contribution in [0.15, 0.2) is 0 Å². The average molecular weight is 445 g/mol. The van der Waals surface area contributed by atoms with Gasteiger partial charge in [0, 0.05) is 0 Å². The maximum Gasteiger partial charge on any atom is -0.00188 e. The summed E-state index contributed by atoms with van der Waals surface area (Å²) in [6.07, 6.45) is 18.7. The lowest BCUT2D eigenvalue weighted by molar-refractivity contribution is 0.261. The highest BCUT2D eigenvalue weighted by Crippen LogP contribution is 2.01. The lowest BCUT2D eigenvalue weighted by Crippen LogP contribution is -2.27. The van der Waals surface area contributed by atoms with Gasteiger partial charge in [0.05, 0.1) is 0 Å². The quantitative estimate of drug-likeness (QED) is 0.220. The molecule has 0 radical (unpaired) electrons. The van der Waals surface area contributed by atoms with Crippen LogP contribution in [0, 0.1) is 0 Å². The fraction of sp³-hybridized carbons (Fsp3) is 1.00. The van der Waals surface area contributed by atoms with Crippen molar-refractivity contribution >= 4 is 0 Å². The first-order chi connectivity index (χ1) is 15.0. The van der Waals surface area contributed by atoms with Crippen molar-refractivity contribution in [2.75, 3.05) is 39.8 Å². The molecule has 0 aromatic heterocycles. The van der Waals surface area contributed by atoms with Crippen LogP contribution >= 0.6 is 0 Å². The van der Waals surface area contributed by atoms with Gasteiger partial charge < -0.3 is 9.80 Å². The van der Waals surface area contributed by atoms with Gasteiger partial charge in [0.2, 0.25) is 0 Å². The highest BCUT2D eigenvalue weighted by atomic mass is 15.1. The zero-order valence-corrected chi connectivity index (χ0v) is 24.3. The number of rotatable bonds is 17. The van der Waals surface area contributed by atoms with Gasteiger partial charge >= 0.3 is 0 Å². The first-order valence-corrected chi connectivity index (χ1v) is 14.4. The molecular weight excluding hydrogens is 376 g/mol. The van der Waals surface area contributed by atoms with E-state index < -0.39 is 0 Å². The van der Waals surface area contributed by atoms with E-state index in [1.165, 1.54) is 123 Å². The summed E-state index contributed by atoms with van der Waals surface area (Å²) in [5.41, 5.74) is 0. The van der Waals surface area contributed by atoms with E-state index in [1.54, 1.807) is 0 Å². The van der Waals surface area contributed by atoms with Crippen LogP contribution in [0.4, 0.5) is 0 Å². The molecule has 0 fully saturated rings. The van der Waals surface area contributed by atoms with Crippen molar-refractivity contribution in [2.45, 2.75) is 152 Å². The number of unbranched alkanes of at least 4 members (excludes halogenated alkanes) is 7. The van der Waals surface area contributed by atoms with Crippen molar-refractivity contribution in [3.63, 3.8) is 0 Å². The molecule has 2 nitrogen and oxygen atoms in total. The molecule has 0 spiro atoms. The lowest BCUT2D eigenvalue weighted by Gasteiger charge is -2.21. The molecule has 0 amide bonds. The Morgan fingerprint density at radius 3 is 0.774 bits per heavy atom. The smallest absolute Gasteiger partial charge is 0.00188 e. The molecule has 194 valence electrons. The van der Waals surface area contributed by atoms with Gasteiger partial charge in [-0.15, -0.1) is 0 Å². The molecule has 2 heteroatoms. The molecule has 0 bridgehead atoms. The van der Waals surface area contributed by atoms with Crippen LogP contribution in [0.3, 0.4) is 0 Å². The second-order valence-electron chi connectivity index (χ2n) is 8.97. The standard InChI is InChI=1S/C12H27N.C9H21N.C5H12.C3H8/c1-4-7-10-13(11-8-5-2)12-9-6-3;1-4-6-8-10(3)9-7-5-2;1-3-5-4-2;1-3-2/h4-12H2,1-3H3;4-9H2,1-3H3;3-5H2,1-2H3;3H2,1-2H3. The van der Waals surface area contributed by atoms with Gasteiger partial charge in [-0.3, -0.25) is 0 Å². The van der Waals surface area contributed by atoms with Crippen LogP contribution in [-0.4, -0.2) is 49.6 Å². The van der Waals surface area contributed by atoms with Gasteiger partial charge in [-0.05, 0) is 71.9 Å². The van der Waals surface area contributed by atoms with Crippen LogP contribution in [-0.2, 0) is 0 Å². The van der Waals surface area contributed by atoms with E-state index in [2.05, 4.69) is 79.2 Å². The predicted octanol–water partition coefficient (Wildman–Crippen LogP) is 9.82. The van der Waals surface area contributed by atoms with E-state index in [9.17, 15) is 0 Å². The van der Waals surface area contributed by atoms with Crippen LogP contribution < -0.4 is 0 Å². The van der Waals surface area contributed by atoms with Crippen LogP contribution in [0.25, 0.3) is 0 Å². The SMILES string of the molecule is CCC.CCCCC.CCCCN(C)CCCC.CCCCN(CCCC)CCCC. The maximum atomic E-state index is 2.64. The van der Waals surface area contributed by atoms with E-state index >= 15 is 0 Å². The molecule has 0 heterocycles. The third-order valence-electron chi connectivity index (χ3n) is 4.98. The minimum atomic E-state index is 1.25. The van der Waals surface area contributed by atoms with Gasteiger partial charge in [-0.25, -0.2) is 0 Å². The summed E-state index contributed by atoms with van der Waals surface area (Å²) in [7, 11) is 2.21. The summed E-state index contributed by atoms with van der Waals surface area (Å²) in [6, 6.07) is 0. The van der Waals surface area contributed by atoms with E-state index in [0.717, 1.165) is 0 Å². The molecule has 0 aliphatic carbocycles. The second kappa shape index (κ2) is 40.3. The first kappa shape index (κ1) is 38.2. The fourth-order valence-electron chi connectivity index (χ4n) is 2.80. The summed E-state index contributed by atoms with van der Waals surface area (Å²) >= 11 is 0. The highest BCUT2D eigenvalue weighted by molar-refractivity contribution is 4.57. The van der Waals surface area contributed by atoms with Crippen molar-refractivity contribution in [1.82, 2.24) is 9.80 Å². The molecule has 0 aliphatic rings. The molecule has 0 aromatic carbocycles. The fourth-order valence-corrected chi connectivity index (χ4v) is 2.80. The number of nitrogens with zero attached hydrogens (tertiary/aromatic N) is 2. The zero-order valence-electron chi connectivity index (χ0n) is 24.3. The Morgan fingerprint density at radius 2 is 0.581 bits per heavy atom. The van der Waals surface area contributed by atoms with Crippen LogP contribution in [0.2, 0.25) is 0 Å². The molecule has 31 heavy (non-hydrogen) atoms. The monoisotopic (exact) mass is 445 g/mol. The Labute approximate surface area is 201 Å². The van der Waals surface area contributed by atoms with Gasteiger partial charge in [0.1, 0.15) is 0 Å². The molecular formula is C29H68N2. The minimum absolute atomic E-state index is 1.25. The van der Waals surface area contributed by atoms with Gasteiger partial charge in [-0.2, -0.15) is 0 Å². The Bertz CT molecular complexity index is 214. The zero-order chi connectivity index (χ0) is 24.6. The molecule has 0 unspecified atom stereocenters. The van der Waals surface area contributed by atoms with Gasteiger partial charge in [0.15, 0.2) is 0 Å². The van der Waals surface area contributed by atoms with E-state index in [-0.39, 0.29) is 0 Å². The molecule has 0 atom stereocenters. The summed E-state index contributed by atoms with van der Waals surface area (Å²) in [6.45, 7) is 26.5. The largest absolute Gasteiger partial charge is 0.306 e. The second-order valence-corrected chi connectivity index (χ2v) is 8.97. The third kappa shape index (κ3) is 48.5. The van der Waals surface area contributed by atoms with E-state index in [4.69, 9.17) is 0 Å². The summed E-state index contributed by atoms with van der Waals surface area (Å²) in [5.74, 6) is 0. The maximum absolute atomic E-state index is 2.64. The van der Waals surface area contributed by atoms with Crippen molar-refractivity contribution in [3.05, 3.63) is 0 Å². The minimum Gasteiger partial charge on any atom is -0.306 e. The Hall–Kier alpha value is -0.0800. The normalized spacial score (nSPS) is 10.1. The Balaban J connectivity index is -0.000000178. The molecule has 0 rings (SSSR count). The van der Waals surface area contributed by atoms with E-state index in [0.29, 0.717) is 0 Å². The highest BCUT2D eigenvalue weighted by Gasteiger charge is 2.01. The van der Waals surface area contributed by atoms with Crippen LogP contribution in [0.5, 0.6) is 0 Å². The summed E-state index contributed by atoms with van der Waals surface area (Å²) < 4.78 is 0. The topological polar surface area (TPSA) is 6.48 Å². The summed E-state index contributed by atoms with van der Waals surface area (Å²) in [4.78, 5) is 5.06. The Kier molecular flexibility index (Phi) is 49.6. The molecule has 0 saturated carbocycles. The predicted molar refractivity (Wildman–Crippen MR) is 150 cm³/mol. The number of hydrogen-bond acceptors (Lipinski definition) is 2. The summed E-state index contributed by atoms with van der Waals surface area (Å²) in [5, 5.41) is 0. The number of hydrogen-bond donors (Lipinski definition) is 0. The molecule has 0 aromatic rings.